The highest BCUT2D eigenvalue weighted by molar-refractivity contribution is 4.75. The summed E-state index contributed by atoms with van der Waals surface area (Å²) < 4.78 is 0. The molecular formula is C9H18N2. The van der Waals surface area contributed by atoms with Crippen LogP contribution in [-0.4, -0.2) is 12.6 Å². The number of unbranched alkanes of at least 4 members (excludes halogenated alkanes) is 2. The van der Waals surface area contributed by atoms with Crippen molar-refractivity contribution in [1.82, 2.24) is 5.32 Å². The number of hydrogen-bond acceptors (Lipinski definition) is 2. The van der Waals surface area contributed by atoms with Crippen LogP contribution in [0.4, 0.5) is 0 Å². The summed E-state index contributed by atoms with van der Waals surface area (Å²) >= 11 is 0. The predicted octanol–water partition coefficient (Wildman–Crippen LogP) is 2.07. The number of nitrogens with one attached hydrogen (secondary N) is 1. The lowest BCUT2D eigenvalue weighted by Crippen LogP contribution is -2.25. The van der Waals surface area contributed by atoms with Crippen molar-refractivity contribution in [1.29, 1.82) is 5.26 Å². The van der Waals surface area contributed by atoms with Crippen LogP contribution < -0.4 is 5.32 Å². The Kier molecular flexibility index (Phi) is 7.18. The van der Waals surface area contributed by atoms with Crippen LogP contribution in [0.1, 0.15) is 39.5 Å². The maximum Gasteiger partial charge on any atom is 0.0842 e. The Morgan fingerprint density at radius 2 is 2.18 bits per heavy atom. The van der Waals surface area contributed by atoms with Gasteiger partial charge in [-0.05, 0) is 13.3 Å². The van der Waals surface area contributed by atoms with Gasteiger partial charge in [0.15, 0.2) is 0 Å². The second-order valence-electron chi connectivity index (χ2n) is 2.94. The van der Waals surface area contributed by atoms with Crippen LogP contribution in [0.15, 0.2) is 0 Å². The van der Waals surface area contributed by atoms with E-state index in [-0.39, 0.29) is 0 Å². The van der Waals surface area contributed by atoms with E-state index in [4.69, 9.17) is 5.26 Å². The monoisotopic (exact) mass is 154 g/mol. The Balaban J connectivity index is 3.10. The highest BCUT2D eigenvalue weighted by Gasteiger charge is 1.98. The van der Waals surface area contributed by atoms with Gasteiger partial charge in [-0.15, -0.1) is 0 Å². The van der Waals surface area contributed by atoms with Crippen molar-refractivity contribution in [3.8, 4) is 6.07 Å². The lowest BCUT2D eigenvalue weighted by Gasteiger charge is -2.09. The topological polar surface area (TPSA) is 35.8 Å². The van der Waals surface area contributed by atoms with Gasteiger partial charge in [0.2, 0.25) is 0 Å². The van der Waals surface area contributed by atoms with Gasteiger partial charge in [0.25, 0.3) is 0 Å². The van der Waals surface area contributed by atoms with Crippen LogP contribution in [0, 0.1) is 11.3 Å². The molecule has 1 atom stereocenters. The first kappa shape index (κ1) is 10.4. The second kappa shape index (κ2) is 7.56. The van der Waals surface area contributed by atoms with E-state index in [2.05, 4.69) is 25.2 Å². The van der Waals surface area contributed by atoms with E-state index in [0.717, 1.165) is 0 Å². The SMILES string of the molecule is CCCCCC(C)NCC#N. The summed E-state index contributed by atoms with van der Waals surface area (Å²) in [6.45, 7) is 4.81. The summed E-state index contributed by atoms with van der Waals surface area (Å²) in [5.74, 6) is 0. The quantitative estimate of drug-likeness (QED) is 0.469. The largest absolute Gasteiger partial charge is 0.302 e. The number of nitrogens with zero attached hydrogens (tertiary/aromatic N) is 1. The molecule has 1 N–H and O–H groups in total. The molecule has 0 bridgehead atoms. The molecule has 0 aliphatic carbocycles. The fourth-order valence-corrected chi connectivity index (χ4v) is 1.02. The van der Waals surface area contributed by atoms with E-state index >= 15 is 0 Å². The van der Waals surface area contributed by atoms with Crippen LogP contribution in [0.3, 0.4) is 0 Å². The molecular weight excluding hydrogens is 136 g/mol. The third-order valence-electron chi connectivity index (χ3n) is 1.77. The van der Waals surface area contributed by atoms with Crippen LogP contribution >= 0.6 is 0 Å². The first-order valence-electron chi connectivity index (χ1n) is 4.41. The van der Waals surface area contributed by atoms with Gasteiger partial charge in [-0.1, -0.05) is 26.2 Å². The molecule has 0 heterocycles. The zero-order valence-electron chi connectivity index (χ0n) is 7.56. The average molecular weight is 154 g/mol. The third-order valence-corrected chi connectivity index (χ3v) is 1.77. The van der Waals surface area contributed by atoms with E-state index < -0.39 is 0 Å². The lowest BCUT2D eigenvalue weighted by atomic mass is 10.1. The van der Waals surface area contributed by atoms with Crippen molar-refractivity contribution >= 4 is 0 Å². The summed E-state index contributed by atoms with van der Waals surface area (Å²) in [5.41, 5.74) is 0. The van der Waals surface area contributed by atoms with E-state index in [1.165, 1.54) is 25.7 Å². The van der Waals surface area contributed by atoms with Crippen molar-refractivity contribution in [2.45, 2.75) is 45.6 Å². The summed E-state index contributed by atoms with van der Waals surface area (Å²) in [5, 5.41) is 11.4. The summed E-state index contributed by atoms with van der Waals surface area (Å²) in [7, 11) is 0. The van der Waals surface area contributed by atoms with Crippen LogP contribution in [0.2, 0.25) is 0 Å². The fraction of sp³-hybridized carbons (Fsp3) is 0.889. The van der Waals surface area contributed by atoms with Crippen molar-refractivity contribution in [3.05, 3.63) is 0 Å². The molecule has 0 fully saturated rings. The van der Waals surface area contributed by atoms with Gasteiger partial charge >= 0.3 is 0 Å². The highest BCUT2D eigenvalue weighted by Crippen LogP contribution is 2.01. The molecule has 0 saturated heterocycles. The summed E-state index contributed by atoms with van der Waals surface area (Å²) in [4.78, 5) is 0. The molecule has 2 nitrogen and oxygen atoms in total. The molecule has 0 radical (unpaired) electrons. The van der Waals surface area contributed by atoms with Gasteiger partial charge in [0.1, 0.15) is 0 Å². The molecule has 2 heteroatoms. The van der Waals surface area contributed by atoms with Crippen molar-refractivity contribution in [2.75, 3.05) is 6.54 Å². The average Bonchev–Trinajstić information content (AvgIpc) is 2.01. The normalized spacial score (nSPS) is 12.5. The molecule has 0 saturated carbocycles. The van der Waals surface area contributed by atoms with Gasteiger partial charge in [-0.3, -0.25) is 0 Å². The molecule has 0 aromatic carbocycles. The van der Waals surface area contributed by atoms with E-state index in [0.29, 0.717) is 12.6 Å². The third kappa shape index (κ3) is 7.35. The summed E-state index contributed by atoms with van der Waals surface area (Å²) in [6.07, 6.45) is 5.04. The first-order chi connectivity index (χ1) is 5.31. The molecule has 0 spiro atoms. The van der Waals surface area contributed by atoms with Crippen molar-refractivity contribution < 1.29 is 0 Å². The Morgan fingerprint density at radius 3 is 2.73 bits per heavy atom. The molecule has 0 amide bonds. The van der Waals surface area contributed by atoms with Crippen LogP contribution in [0.25, 0.3) is 0 Å². The Morgan fingerprint density at radius 1 is 1.45 bits per heavy atom. The molecule has 64 valence electrons. The van der Waals surface area contributed by atoms with Crippen LogP contribution in [-0.2, 0) is 0 Å². The van der Waals surface area contributed by atoms with Gasteiger partial charge in [0, 0.05) is 6.04 Å². The molecule has 11 heavy (non-hydrogen) atoms. The van der Waals surface area contributed by atoms with Gasteiger partial charge < -0.3 is 5.32 Å². The lowest BCUT2D eigenvalue weighted by molar-refractivity contribution is 0.511. The van der Waals surface area contributed by atoms with E-state index in [1.54, 1.807) is 0 Å². The summed E-state index contributed by atoms with van der Waals surface area (Å²) in [6, 6.07) is 2.58. The Labute approximate surface area is 69.6 Å². The smallest absolute Gasteiger partial charge is 0.0842 e. The van der Waals surface area contributed by atoms with E-state index in [1.807, 2.05) is 0 Å². The number of rotatable bonds is 6. The zero-order valence-corrected chi connectivity index (χ0v) is 7.56. The molecule has 0 rings (SSSR count). The predicted molar refractivity (Wildman–Crippen MR) is 47.2 cm³/mol. The van der Waals surface area contributed by atoms with Crippen molar-refractivity contribution in [2.24, 2.45) is 0 Å². The minimum atomic E-state index is 0.479. The molecule has 0 aliphatic rings. The Bertz CT molecular complexity index is 115. The highest BCUT2D eigenvalue weighted by atomic mass is 14.9. The van der Waals surface area contributed by atoms with Gasteiger partial charge in [-0.25, -0.2) is 0 Å². The fourth-order valence-electron chi connectivity index (χ4n) is 1.02. The molecule has 0 aliphatic heterocycles. The van der Waals surface area contributed by atoms with Gasteiger partial charge in [0.05, 0.1) is 12.6 Å². The zero-order chi connectivity index (χ0) is 8.53. The van der Waals surface area contributed by atoms with Crippen LogP contribution in [0.5, 0.6) is 0 Å². The van der Waals surface area contributed by atoms with Gasteiger partial charge in [-0.2, -0.15) is 5.26 Å². The van der Waals surface area contributed by atoms with E-state index in [9.17, 15) is 0 Å². The minimum absolute atomic E-state index is 0.479. The first-order valence-corrected chi connectivity index (χ1v) is 4.41. The molecule has 0 aromatic heterocycles. The van der Waals surface area contributed by atoms with Crippen molar-refractivity contribution in [3.63, 3.8) is 0 Å². The Hall–Kier alpha value is -0.550. The number of nitriles is 1. The minimum Gasteiger partial charge on any atom is -0.302 e. The molecule has 1 unspecified atom stereocenters. The maximum atomic E-state index is 8.27. The standard InChI is InChI=1S/C9H18N2/c1-3-4-5-6-9(2)11-8-7-10/h9,11H,3-6,8H2,1-2H3. The maximum absolute atomic E-state index is 8.27. The second-order valence-corrected chi connectivity index (χ2v) is 2.94. The molecule has 0 aromatic rings. The number of hydrogen-bond donors (Lipinski definition) is 1.